The van der Waals surface area contributed by atoms with Gasteiger partial charge in [-0.3, -0.25) is 0 Å². The Kier molecular flexibility index (Phi) is 4.19. The fourth-order valence-corrected chi connectivity index (χ4v) is 0.825. The van der Waals surface area contributed by atoms with Crippen molar-refractivity contribution in [3.8, 4) is 0 Å². The van der Waals surface area contributed by atoms with Gasteiger partial charge in [-0.2, -0.15) is 0 Å². The average molecular weight is 179 g/mol. The summed E-state index contributed by atoms with van der Waals surface area (Å²) in [6.45, 7) is 3.83. The Labute approximate surface area is 58.5 Å². The largest absolute Gasteiger partial charge is 0.388 e. The predicted octanol–water partition coefficient (Wildman–Crippen LogP) is 1.71. The quantitative estimate of drug-likeness (QED) is 0.505. The van der Waals surface area contributed by atoms with E-state index >= 15 is 0 Å². The van der Waals surface area contributed by atoms with Crippen LogP contribution in [0.15, 0.2) is 11.6 Å². The molecule has 0 amide bonds. The zero-order valence-corrected chi connectivity index (χ0v) is 6.77. The Balaban J connectivity index is 3.63. The molecule has 0 bridgehead atoms. The first-order valence-electron chi connectivity index (χ1n) is 2.59. The second-order valence-corrected chi connectivity index (χ2v) is 2.35. The van der Waals surface area contributed by atoms with Crippen LogP contribution in [0.5, 0.6) is 0 Å². The molecule has 1 nitrogen and oxygen atoms in total. The Morgan fingerprint density at radius 3 is 2.50 bits per heavy atom. The predicted molar refractivity (Wildman–Crippen MR) is 39.2 cm³/mol. The minimum Gasteiger partial charge on any atom is -0.388 e. The summed E-state index contributed by atoms with van der Waals surface area (Å²) < 4.78 is 0. The van der Waals surface area contributed by atoms with Crippen LogP contribution in [-0.4, -0.2) is 16.5 Å². The first kappa shape index (κ1) is 8.18. The Morgan fingerprint density at radius 1 is 1.88 bits per heavy atom. The van der Waals surface area contributed by atoms with E-state index in [9.17, 15) is 0 Å². The summed E-state index contributed by atoms with van der Waals surface area (Å²) in [5.41, 5.74) is 1.02. The van der Waals surface area contributed by atoms with Crippen LogP contribution in [0.3, 0.4) is 0 Å². The molecule has 0 radical (unpaired) electrons. The maximum absolute atomic E-state index is 9.01. The monoisotopic (exact) mass is 178 g/mol. The van der Waals surface area contributed by atoms with Gasteiger partial charge in [0.05, 0.1) is 6.10 Å². The number of aliphatic hydroxyl groups excluding tert-OH is 1. The van der Waals surface area contributed by atoms with Crippen molar-refractivity contribution in [1.29, 1.82) is 0 Å². The number of aliphatic hydroxyl groups is 1. The molecule has 0 aliphatic rings. The van der Waals surface area contributed by atoms with Gasteiger partial charge in [0.1, 0.15) is 0 Å². The summed E-state index contributed by atoms with van der Waals surface area (Å²) in [7, 11) is 0. The van der Waals surface area contributed by atoms with Crippen LogP contribution >= 0.6 is 15.9 Å². The van der Waals surface area contributed by atoms with E-state index in [0.29, 0.717) is 5.33 Å². The minimum atomic E-state index is -0.306. The smallest absolute Gasteiger partial charge is 0.0844 e. The third kappa shape index (κ3) is 2.48. The fourth-order valence-electron chi connectivity index (χ4n) is 0.314. The molecule has 8 heavy (non-hydrogen) atoms. The number of allylic oxidation sites excluding steroid dienone is 1. The highest BCUT2D eigenvalue weighted by molar-refractivity contribution is 9.09. The Bertz CT molecular complexity index is 88.5. The number of hydrogen-bond acceptors (Lipinski definition) is 1. The molecular weight excluding hydrogens is 168 g/mol. The average Bonchev–Trinajstić information content (AvgIpc) is 1.84. The molecule has 0 fully saturated rings. The first-order valence-corrected chi connectivity index (χ1v) is 3.71. The molecule has 0 spiro atoms. The molecule has 0 saturated carbocycles. The van der Waals surface area contributed by atoms with E-state index in [4.69, 9.17) is 5.11 Å². The molecule has 0 aliphatic carbocycles. The van der Waals surface area contributed by atoms with Gasteiger partial charge in [0.2, 0.25) is 0 Å². The Hall–Kier alpha value is 0.180. The molecule has 0 aromatic carbocycles. The summed E-state index contributed by atoms with van der Waals surface area (Å²) in [6.07, 6.45) is 1.60. The molecule has 1 atom stereocenters. The molecule has 1 unspecified atom stereocenters. The third-order valence-corrected chi connectivity index (χ3v) is 1.74. The SMILES string of the molecule is C/C=C(/C)C(O)CBr. The highest BCUT2D eigenvalue weighted by Crippen LogP contribution is 2.02. The van der Waals surface area contributed by atoms with Gasteiger partial charge < -0.3 is 5.11 Å². The van der Waals surface area contributed by atoms with E-state index < -0.39 is 0 Å². The van der Waals surface area contributed by atoms with Crippen LogP contribution in [0.2, 0.25) is 0 Å². The molecule has 48 valence electrons. The summed E-state index contributed by atoms with van der Waals surface area (Å²) in [5, 5.41) is 9.64. The second-order valence-electron chi connectivity index (χ2n) is 1.70. The molecule has 2 heteroatoms. The first-order chi connectivity index (χ1) is 3.72. The maximum Gasteiger partial charge on any atom is 0.0844 e. The van der Waals surface area contributed by atoms with Crippen molar-refractivity contribution in [3.63, 3.8) is 0 Å². The second kappa shape index (κ2) is 4.10. The van der Waals surface area contributed by atoms with E-state index in [1.165, 1.54) is 0 Å². The van der Waals surface area contributed by atoms with E-state index in [1.807, 2.05) is 19.9 Å². The third-order valence-electron chi connectivity index (χ3n) is 1.13. The van der Waals surface area contributed by atoms with Crippen LogP contribution in [-0.2, 0) is 0 Å². The van der Waals surface area contributed by atoms with Crippen molar-refractivity contribution in [1.82, 2.24) is 0 Å². The number of hydrogen-bond donors (Lipinski definition) is 1. The van der Waals surface area contributed by atoms with Gasteiger partial charge >= 0.3 is 0 Å². The summed E-state index contributed by atoms with van der Waals surface area (Å²) >= 11 is 3.17. The molecule has 1 N–H and O–H groups in total. The van der Waals surface area contributed by atoms with Crippen molar-refractivity contribution in [2.24, 2.45) is 0 Å². The van der Waals surface area contributed by atoms with Gasteiger partial charge in [0, 0.05) is 5.33 Å². The van der Waals surface area contributed by atoms with Gasteiger partial charge in [0.15, 0.2) is 0 Å². The van der Waals surface area contributed by atoms with Crippen molar-refractivity contribution in [2.75, 3.05) is 5.33 Å². The van der Waals surface area contributed by atoms with Crippen LogP contribution in [0, 0.1) is 0 Å². The highest BCUT2D eigenvalue weighted by atomic mass is 79.9. The topological polar surface area (TPSA) is 20.2 Å². The zero-order chi connectivity index (χ0) is 6.57. The van der Waals surface area contributed by atoms with Crippen molar-refractivity contribution in [2.45, 2.75) is 20.0 Å². The van der Waals surface area contributed by atoms with E-state index in [-0.39, 0.29) is 6.10 Å². The fraction of sp³-hybridized carbons (Fsp3) is 0.667. The van der Waals surface area contributed by atoms with Crippen LogP contribution in [0.1, 0.15) is 13.8 Å². The summed E-state index contributed by atoms with van der Waals surface area (Å²) in [6, 6.07) is 0. The minimum absolute atomic E-state index is 0.306. The molecule has 0 aliphatic heterocycles. The molecule has 0 heterocycles. The summed E-state index contributed by atoms with van der Waals surface area (Å²) in [4.78, 5) is 0. The van der Waals surface area contributed by atoms with Crippen molar-refractivity contribution in [3.05, 3.63) is 11.6 Å². The van der Waals surface area contributed by atoms with Crippen LogP contribution in [0.4, 0.5) is 0 Å². The van der Waals surface area contributed by atoms with E-state index in [1.54, 1.807) is 0 Å². The van der Waals surface area contributed by atoms with E-state index in [2.05, 4.69) is 15.9 Å². The van der Waals surface area contributed by atoms with Gasteiger partial charge in [-0.15, -0.1) is 0 Å². The van der Waals surface area contributed by atoms with Gasteiger partial charge in [-0.1, -0.05) is 22.0 Å². The highest BCUT2D eigenvalue weighted by Gasteiger charge is 2.00. The number of alkyl halides is 1. The summed E-state index contributed by atoms with van der Waals surface area (Å²) in [5.74, 6) is 0. The molecule has 0 aromatic heterocycles. The lowest BCUT2D eigenvalue weighted by molar-refractivity contribution is 0.237. The van der Waals surface area contributed by atoms with Crippen LogP contribution in [0.25, 0.3) is 0 Å². The lowest BCUT2D eigenvalue weighted by atomic mass is 10.2. The van der Waals surface area contributed by atoms with Gasteiger partial charge in [-0.05, 0) is 19.4 Å². The normalized spacial score (nSPS) is 16.2. The Morgan fingerprint density at radius 2 is 2.38 bits per heavy atom. The van der Waals surface area contributed by atoms with Crippen molar-refractivity contribution < 1.29 is 5.11 Å². The number of halogens is 1. The number of rotatable bonds is 2. The molecule has 0 rings (SSSR count). The van der Waals surface area contributed by atoms with Crippen LogP contribution < -0.4 is 0 Å². The standard InChI is InChI=1S/C6H11BrO/c1-3-5(2)6(8)4-7/h3,6,8H,4H2,1-2H3/b5-3-. The molecular formula is C6H11BrO. The zero-order valence-electron chi connectivity index (χ0n) is 5.19. The van der Waals surface area contributed by atoms with Gasteiger partial charge in [0.25, 0.3) is 0 Å². The molecule has 0 aromatic rings. The van der Waals surface area contributed by atoms with Crippen molar-refractivity contribution >= 4 is 15.9 Å². The van der Waals surface area contributed by atoms with Gasteiger partial charge in [-0.25, -0.2) is 0 Å². The maximum atomic E-state index is 9.01. The lowest BCUT2D eigenvalue weighted by Gasteiger charge is -2.04. The van der Waals surface area contributed by atoms with E-state index in [0.717, 1.165) is 5.57 Å². The molecule has 0 saturated heterocycles. The lowest BCUT2D eigenvalue weighted by Crippen LogP contribution is -2.08.